The van der Waals surface area contributed by atoms with Crippen molar-refractivity contribution in [2.24, 2.45) is 0 Å². The lowest BCUT2D eigenvalue weighted by Gasteiger charge is -2.27. The molecule has 1 aliphatic heterocycles. The van der Waals surface area contributed by atoms with E-state index < -0.39 is 15.8 Å². The highest BCUT2D eigenvalue weighted by Gasteiger charge is 2.30. The molecule has 2 aromatic rings. The van der Waals surface area contributed by atoms with Crippen LogP contribution < -0.4 is 0 Å². The Morgan fingerprint density at radius 2 is 2.14 bits per heavy atom. The summed E-state index contributed by atoms with van der Waals surface area (Å²) in [6, 6.07) is 3.80. The van der Waals surface area contributed by atoms with Gasteiger partial charge in [-0.05, 0) is 36.6 Å². The largest absolute Gasteiger partial charge is 0.245 e. The van der Waals surface area contributed by atoms with Crippen LogP contribution in [0, 0.1) is 12.7 Å². The van der Waals surface area contributed by atoms with Crippen molar-refractivity contribution in [3.63, 3.8) is 0 Å². The summed E-state index contributed by atoms with van der Waals surface area (Å²) < 4.78 is 40.1. The zero-order chi connectivity index (χ0) is 15.0. The van der Waals surface area contributed by atoms with E-state index in [2.05, 4.69) is 9.97 Å². The summed E-state index contributed by atoms with van der Waals surface area (Å²) in [4.78, 5) is 8.08. The van der Waals surface area contributed by atoms with Crippen LogP contribution in [0.2, 0.25) is 0 Å². The van der Waals surface area contributed by atoms with E-state index in [1.54, 1.807) is 13.1 Å². The quantitative estimate of drug-likeness (QED) is 0.846. The third-order valence-electron chi connectivity index (χ3n) is 3.61. The summed E-state index contributed by atoms with van der Waals surface area (Å²) in [6.07, 6.45) is 3.67. The molecule has 0 atom stereocenters. The van der Waals surface area contributed by atoms with Gasteiger partial charge >= 0.3 is 0 Å². The highest BCUT2D eigenvalue weighted by Crippen LogP contribution is 2.25. The maximum absolute atomic E-state index is 13.4. The lowest BCUT2D eigenvalue weighted by atomic mass is 10.1. The number of hydrogen-bond donors (Lipinski definition) is 0. The van der Waals surface area contributed by atoms with Gasteiger partial charge in [0.2, 0.25) is 10.0 Å². The number of nitrogens with zero attached hydrogens (tertiary/aromatic N) is 3. The molecular formula is C14H14FN3O2S. The van der Waals surface area contributed by atoms with Gasteiger partial charge in [-0.1, -0.05) is 6.07 Å². The molecule has 3 rings (SSSR count). The molecule has 0 fully saturated rings. The molecule has 1 aromatic heterocycles. The van der Waals surface area contributed by atoms with Crippen LogP contribution in [0.4, 0.5) is 4.39 Å². The van der Waals surface area contributed by atoms with Crippen molar-refractivity contribution < 1.29 is 12.8 Å². The minimum Gasteiger partial charge on any atom is -0.245 e. The van der Waals surface area contributed by atoms with Crippen molar-refractivity contribution in [3.05, 3.63) is 53.4 Å². The third-order valence-corrected chi connectivity index (χ3v) is 5.59. The van der Waals surface area contributed by atoms with Crippen LogP contribution in [-0.2, 0) is 23.0 Å². The number of benzene rings is 1. The van der Waals surface area contributed by atoms with E-state index in [0.29, 0.717) is 24.2 Å². The fourth-order valence-electron chi connectivity index (χ4n) is 2.42. The summed E-state index contributed by atoms with van der Waals surface area (Å²) in [5, 5.41) is 0. The first-order chi connectivity index (χ1) is 9.98. The first-order valence-corrected chi connectivity index (χ1v) is 7.96. The molecule has 0 saturated carbocycles. The molecule has 0 unspecified atom stereocenters. The van der Waals surface area contributed by atoms with Gasteiger partial charge in [0.1, 0.15) is 12.1 Å². The molecule has 0 saturated heterocycles. The first-order valence-electron chi connectivity index (χ1n) is 6.52. The van der Waals surface area contributed by atoms with Gasteiger partial charge in [0.05, 0.1) is 17.1 Å². The average molecular weight is 307 g/mol. The summed E-state index contributed by atoms with van der Waals surface area (Å²) in [5.74, 6) is -0.557. The van der Waals surface area contributed by atoms with Crippen molar-refractivity contribution in [1.82, 2.24) is 14.3 Å². The minimum atomic E-state index is -3.72. The number of rotatable bonds is 2. The van der Waals surface area contributed by atoms with E-state index in [0.717, 1.165) is 11.6 Å². The van der Waals surface area contributed by atoms with E-state index in [1.807, 2.05) is 0 Å². The minimum absolute atomic E-state index is 0.0139. The maximum atomic E-state index is 13.4. The second kappa shape index (κ2) is 5.16. The average Bonchev–Trinajstić information content (AvgIpc) is 2.49. The molecule has 0 amide bonds. The second-order valence-electron chi connectivity index (χ2n) is 4.99. The zero-order valence-electron chi connectivity index (χ0n) is 11.5. The van der Waals surface area contributed by atoms with Gasteiger partial charge in [0.15, 0.2) is 0 Å². The van der Waals surface area contributed by atoms with E-state index in [4.69, 9.17) is 0 Å². The third kappa shape index (κ3) is 2.54. The van der Waals surface area contributed by atoms with Crippen LogP contribution >= 0.6 is 0 Å². The molecule has 0 bridgehead atoms. The van der Waals surface area contributed by atoms with E-state index >= 15 is 0 Å². The number of aryl methyl sites for hydroxylation is 1. The maximum Gasteiger partial charge on any atom is 0.243 e. The van der Waals surface area contributed by atoms with Gasteiger partial charge in [0.25, 0.3) is 0 Å². The van der Waals surface area contributed by atoms with Crippen LogP contribution in [0.1, 0.15) is 16.8 Å². The van der Waals surface area contributed by atoms with Crippen molar-refractivity contribution in [1.29, 1.82) is 0 Å². The lowest BCUT2D eigenvalue weighted by molar-refractivity contribution is 0.384. The van der Waals surface area contributed by atoms with E-state index in [1.165, 1.54) is 22.8 Å². The monoisotopic (exact) mass is 307 g/mol. The molecule has 0 spiro atoms. The molecule has 5 nitrogen and oxygen atoms in total. The Morgan fingerprint density at radius 1 is 1.33 bits per heavy atom. The van der Waals surface area contributed by atoms with Crippen molar-refractivity contribution in [2.75, 3.05) is 6.54 Å². The molecule has 1 aromatic carbocycles. The van der Waals surface area contributed by atoms with Gasteiger partial charge in [-0.25, -0.2) is 22.8 Å². The summed E-state index contributed by atoms with van der Waals surface area (Å²) in [5.41, 5.74) is 2.19. The molecule has 21 heavy (non-hydrogen) atoms. The van der Waals surface area contributed by atoms with Crippen LogP contribution in [0.25, 0.3) is 0 Å². The second-order valence-corrected chi connectivity index (χ2v) is 6.90. The predicted octanol–water partition coefficient (Wildman–Crippen LogP) is 1.67. The standard InChI is InChI=1S/C14H14FN3O2S/c1-10-2-3-12(15)6-14(10)21(19,20)18-5-4-11-7-16-9-17-13(11)8-18/h2-3,6-7,9H,4-5,8H2,1H3. The summed E-state index contributed by atoms with van der Waals surface area (Å²) >= 11 is 0. The Morgan fingerprint density at radius 3 is 2.95 bits per heavy atom. The van der Waals surface area contributed by atoms with E-state index in [-0.39, 0.29) is 11.4 Å². The highest BCUT2D eigenvalue weighted by molar-refractivity contribution is 7.89. The Bertz CT molecular complexity index is 793. The van der Waals surface area contributed by atoms with Gasteiger partial charge in [-0.15, -0.1) is 0 Å². The summed E-state index contributed by atoms with van der Waals surface area (Å²) in [6.45, 7) is 2.20. The Kier molecular flexibility index (Phi) is 3.46. The van der Waals surface area contributed by atoms with Crippen molar-refractivity contribution in [3.8, 4) is 0 Å². The Hall–Kier alpha value is -1.86. The van der Waals surface area contributed by atoms with Crippen LogP contribution in [0.3, 0.4) is 0 Å². The normalized spacial score (nSPS) is 15.7. The molecule has 7 heteroatoms. The first kappa shape index (κ1) is 14.1. The molecule has 0 N–H and O–H groups in total. The fourth-order valence-corrected chi connectivity index (χ4v) is 4.06. The SMILES string of the molecule is Cc1ccc(F)cc1S(=O)(=O)N1CCc2cncnc2C1. The number of sulfonamides is 1. The van der Waals surface area contributed by atoms with Crippen LogP contribution in [0.5, 0.6) is 0 Å². The number of fused-ring (bicyclic) bond motifs is 1. The molecule has 110 valence electrons. The van der Waals surface area contributed by atoms with Gasteiger partial charge in [-0.3, -0.25) is 0 Å². The smallest absolute Gasteiger partial charge is 0.243 e. The molecule has 1 aliphatic rings. The van der Waals surface area contributed by atoms with Gasteiger partial charge < -0.3 is 0 Å². The molecule has 0 radical (unpaired) electrons. The number of halogens is 1. The van der Waals surface area contributed by atoms with E-state index in [9.17, 15) is 12.8 Å². The zero-order valence-corrected chi connectivity index (χ0v) is 12.3. The fraction of sp³-hybridized carbons (Fsp3) is 0.286. The Balaban J connectivity index is 1.99. The topological polar surface area (TPSA) is 63.2 Å². The predicted molar refractivity (Wildman–Crippen MR) is 74.5 cm³/mol. The lowest BCUT2D eigenvalue weighted by Crippen LogP contribution is -2.36. The number of hydrogen-bond acceptors (Lipinski definition) is 4. The molecule has 2 heterocycles. The van der Waals surface area contributed by atoms with Crippen LogP contribution in [0.15, 0.2) is 35.6 Å². The van der Waals surface area contributed by atoms with Gasteiger partial charge in [0, 0.05) is 12.7 Å². The van der Waals surface area contributed by atoms with Crippen LogP contribution in [-0.4, -0.2) is 29.2 Å². The molecular weight excluding hydrogens is 293 g/mol. The highest BCUT2D eigenvalue weighted by atomic mass is 32.2. The van der Waals surface area contributed by atoms with Crippen molar-refractivity contribution in [2.45, 2.75) is 24.8 Å². The Labute approximate surface area is 122 Å². The van der Waals surface area contributed by atoms with Gasteiger partial charge in [-0.2, -0.15) is 4.31 Å². The van der Waals surface area contributed by atoms with Crippen molar-refractivity contribution >= 4 is 10.0 Å². The summed E-state index contributed by atoms with van der Waals surface area (Å²) in [7, 11) is -3.72. The molecule has 0 aliphatic carbocycles. The number of aromatic nitrogens is 2.